The highest BCUT2D eigenvalue weighted by Crippen LogP contribution is 2.33. The van der Waals surface area contributed by atoms with Crippen LogP contribution in [0.25, 0.3) is 22.6 Å². The lowest BCUT2D eigenvalue weighted by molar-refractivity contribution is 1.20. The van der Waals surface area contributed by atoms with Crippen molar-refractivity contribution in [3.8, 4) is 11.4 Å². The van der Waals surface area contributed by atoms with Crippen molar-refractivity contribution in [2.24, 2.45) is 0 Å². The number of nitrogens with zero attached hydrogens (tertiary/aromatic N) is 3. The Bertz CT molecular complexity index is 704. The number of nitrogen functional groups attached to an aromatic ring is 1. The number of hydrogen-bond acceptors (Lipinski definition) is 4. The molecule has 0 saturated carbocycles. The van der Waals surface area contributed by atoms with Crippen LogP contribution < -0.4 is 5.73 Å². The van der Waals surface area contributed by atoms with Gasteiger partial charge in [-0.15, -0.1) is 0 Å². The number of aromatic amines is 1. The van der Waals surface area contributed by atoms with Gasteiger partial charge in [-0.05, 0) is 12.1 Å². The first-order valence-corrected chi connectivity index (χ1v) is 5.81. The van der Waals surface area contributed by atoms with Crippen molar-refractivity contribution in [2.45, 2.75) is 0 Å². The summed E-state index contributed by atoms with van der Waals surface area (Å²) < 4.78 is 0. The number of hydrogen-bond donors (Lipinski definition) is 2. The maximum absolute atomic E-state index is 5.99. The molecule has 0 bridgehead atoms. The summed E-state index contributed by atoms with van der Waals surface area (Å²) in [4.78, 5) is 15.3. The number of H-pyrrole nitrogens is 1. The fourth-order valence-corrected chi connectivity index (χ4v) is 2.16. The standard InChI is InChI=1S/C11H7Cl2N5/c12-5-1-6(9(14)7(13)2-5)10-17-8-3-15-4-16-11(8)18-10/h1-4H,14H2,(H,15,16,17,18). The van der Waals surface area contributed by atoms with Gasteiger partial charge in [0, 0.05) is 10.6 Å². The lowest BCUT2D eigenvalue weighted by Gasteiger charge is -2.05. The maximum atomic E-state index is 5.99. The third kappa shape index (κ3) is 1.77. The first-order chi connectivity index (χ1) is 8.65. The van der Waals surface area contributed by atoms with Gasteiger partial charge in [0.1, 0.15) is 17.7 Å². The summed E-state index contributed by atoms with van der Waals surface area (Å²) in [5.41, 5.74) is 8.28. The van der Waals surface area contributed by atoms with Crippen LogP contribution in [0, 0.1) is 0 Å². The molecule has 0 saturated heterocycles. The predicted octanol–water partition coefficient (Wildman–Crippen LogP) is 2.91. The lowest BCUT2D eigenvalue weighted by atomic mass is 10.1. The van der Waals surface area contributed by atoms with E-state index in [4.69, 9.17) is 28.9 Å². The maximum Gasteiger partial charge on any atom is 0.181 e. The number of nitrogens with one attached hydrogen (secondary N) is 1. The Kier molecular flexibility index (Phi) is 2.57. The van der Waals surface area contributed by atoms with Crippen molar-refractivity contribution in [3.63, 3.8) is 0 Å². The number of rotatable bonds is 1. The minimum atomic E-state index is 0.393. The van der Waals surface area contributed by atoms with Crippen LogP contribution in [0.2, 0.25) is 10.0 Å². The van der Waals surface area contributed by atoms with Crippen LogP contribution in [0.1, 0.15) is 0 Å². The SMILES string of the molecule is Nc1c(Cl)cc(Cl)cc1-c1nc2ncncc2[nH]1. The third-order valence-corrected chi connectivity index (χ3v) is 3.04. The zero-order valence-electron chi connectivity index (χ0n) is 8.98. The van der Waals surface area contributed by atoms with E-state index in [0.29, 0.717) is 32.8 Å². The van der Waals surface area contributed by atoms with Crippen LogP contribution in [0.5, 0.6) is 0 Å². The van der Waals surface area contributed by atoms with Crippen molar-refractivity contribution in [3.05, 3.63) is 34.7 Å². The van der Waals surface area contributed by atoms with Gasteiger partial charge in [0.2, 0.25) is 0 Å². The minimum absolute atomic E-state index is 0.393. The number of fused-ring (bicyclic) bond motifs is 1. The zero-order chi connectivity index (χ0) is 12.7. The smallest absolute Gasteiger partial charge is 0.181 e. The first kappa shape index (κ1) is 11.3. The van der Waals surface area contributed by atoms with Gasteiger partial charge in [0.25, 0.3) is 0 Å². The molecular formula is C11H7Cl2N5. The summed E-state index contributed by atoms with van der Waals surface area (Å²) in [6.07, 6.45) is 3.07. The molecule has 0 spiro atoms. The summed E-state index contributed by atoms with van der Waals surface area (Å²) in [6.45, 7) is 0. The average molecular weight is 280 g/mol. The topological polar surface area (TPSA) is 80.5 Å². The van der Waals surface area contributed by atoms with E-state index in [1.165, 1.54) is 6.33 Å². The van der Waals surface area contributed by atoms with E-state index in [9.17, 15) is 0 Å². The van der Waals surface area contributed by atoms with E-state index < -0.39 is 0 Å². The molecule has 0 unspecified atom stereocenters. The van der Waals surface area contributed by atoms with E-state index in [1.54, 1.807) is 18.3 Å². The number of nitrogens with two attached hydrogens (primary N) is 1. The molecule has 3 N–H and O–H groups in total. The highest BCUT2D eigenvalue weighted by Gasteiger charge is 2.12. The Morgan fingerprint density at radius 2 is 2.06 bits per heavy atom. The van der Waals surface area contributed by atoms with Gasteiger partial charge in [0.15, 0.2) is 5.65 Å². The molecule has 0 aliphatic rings. The van der Waals surface area contributed by atoms with Crippen molar-refractivity contribution in [1.29, 1.82) is 0 Å². The number of benzene rings is 1. The summed E-state index contributed by atoms with van der Waals surface area (Å²) in [6, 6.07) is 3.29. The van der Waals surface area contributed by atoms with E-state index >= 15 is 0 Å². The van der Waals surface area contributed by atoms with Crippen molar-refractivity contribution >= 4 is 40.1 Å². The Morgan fingerprint density at radius 3 is 2.83 bits per heavy atom. The Balaban J connectivity index is 2.26. The van der Waals surface area contributed by atoms with Gasteiger partial charge in [-0.25, -0.2) is 15.0 Å². The summed E-state index contributed by atoms with van der Waals surface area (Å²) in [7, 11) is 0. The fraction of sp³-hybridized carbons (Fsp3) is 0. The molecule has 7 heteroatoms. The van der Waals surface area contributed by atoms with Gasteiger partial charge in [-0.2, -0.15) is 0 Å². The molecule has 0 aliphatic heterocycles. The van der Waals surface area contributed by atoms with Gasteiger partial charge in [-0.3, -0.25) is 0 Å². The molecule has 0 amide bonds. The molecule has 1 aromatic carbocycles. The van der Waals surface area contributed by atoms with E-state index in [2.05, 4.69) is 19.9 Å². The summed E-state index contributed by atoms with van der Waals surface area (Å²) in [5, 5.41) is 0.889. The Hall–Kier alpha value is -1.85. The van der Waals surface area contributed by atoms with Crippen molar-refractivity contribution < 1.29 is 0 Å². The fourth-order valence-electron chi connectivity index (χ4n) is 1.67. The number of aromatic nitrogens is 4. The molecule has 2 heterocycles. The summed E-state index contributed by atoms with van der Waals surface area (Å²) >= 11 is 11.9. The number of anilines is 1. The van der Waals surface area contributed by atoms with E-state index in [0.717, 1.165) is 5.52 Å². The number of imidazole rings is 1. The van der Waals surface area contributed by atoms with Crippen LogP contribution in [0.15, 0.2) is 24.7 Å². The molecule has 0 fully saturated rings. The molecule has 90 valence electrons. The van der Waals surface area contributed by atoms with Crippen molar-refractivity contribution in [2.75, 3.05) is 5.73 Å². The van der Waals surface area contributed by atoms with Crippen LogP contribution in [0.3, 0.4) is 0 Å². The zero-order valence-corrected chi connectivity index (χ0v) is 10.5. The van der Waals surface area contributed by atoms with Crippen LogP contribution in [0.4, 0.5) is 5.69 Å². The predicted molar refractivity (Wildman–Crippen MR) is 71.6 cm³/mol. The van der Waals surface area contributed by atoms with E-state index in [-0.39, 0.29) is 0 Å². The second-order valence-corrected chi connectivity index (χ2v) is 4.54. The van der Waals surface area contributed by atoms with Crippen LogP contribution in [-0.4, -0.2) is 19.9 Å². The second kappa shape index (κ2) is 4.12. The largest absolute Gasteiger partial charge is 0.397 e. The number of halogens is 2. The molecule has 0 atom stereocenters. The minimum Gasteiger partial charge on any atom is -0.397 e. The van der Waals surface area contributed by atoms with Gasteiger partial charge >= 0.3 is 0 Å². The molecule has 2 aromatic heterocycles. The molecule has 3 rings (SSSR count). The lowest BCUT2D eigenvalue weighted by Crippen LogP contribution is -1.92. The molecule has 18 heavy (non-hydrogen) atoms. The molecule has 3 aromatic rings. The molecular weight excluding hydrogens is 273 g/mol. The van der Waals surface area contributed by atoms with E-state index in [1.807, 2.05) is 0 Å². The van der Waals surface area contributed by atoms with Gasteiger partial charge in [0.05, 0.1) is 16.9 Å². The third-order valence-electron chi connectivity index (χ3n) is 2.51. The quantitative estimate of drug-likeness (QED) is 0.671. The molecule has 5 nitrogen and oxygen atoms in total. The average Bonchev–Trinajstić information content (AvgIpc) is 2.77. The summed E-state index contributed by atoms with van der Waals surface area (Å²) in [5.74, 6) is 0.562. The Labute approximate surface area is 112 Å². The van der Waals surface area contributed by atoms with Crippen LogP contribution in [-0.2, 0) is 0 Å². The Morgan fingerprint density at radius 1 is 1.22 bits per heavy atom. The van der Waals surface area contributed by atoms with Gasteiger partial charge < -0.3 is 10.7 Å². The second-order valence-electron chi connectivity index (χ2n) is 3.69. The molecule has 0 radical (unpaired) electrons. The molecule has 0 aliphatic carbocycles. The normalized spacial score (nSPS) is 11.0. The monoisotopic (exact) mass is 279 g/mol. The van der Waals surface area contributed by atoms with Crippen molar-refractivity contribution in [1.82, 2.24) is 19.9 Å². The van der Waals surface area contributed by atoms with Gasteiger partial charge in [-0.1, -0.05) is 23.2 Å². The highest BCUT2D eigenvalue weighted by molar-refractivity contribution is 6.37. The first-order valence-electron chi connectivity index (χ1n) is 5.06. The van der Waals surface area contributed by atoms with Crippen LogP contribution >= 0.6 is 23.2 Å². The highest BCUT2D eigenvalue weighted by atomic mass is 35.5.